The number of hydrogen-bond donors (Lipinski definition) is 0. The molecule has 0 N–H and O–H groups in total. The molecular formula is C5H7Br. The fourth-order valence-corrected chi connectivity index (χ4v) is 0.329. The molecule has 6 heavy (non-hydrogen) atoms. The van der Waals surface area contributed by atoms with Gasteiger partial charge in [-0.1, -0.05) is 34.2 Å². The largest absolute Gasteiger partial charge is 0.0876 e. The first kappa shape index (κ1) is 5.96. The minimum atomic E-state index is 1.81. The van der Waals surface area contributed by atoms with Crippen molar-refractivity contribution in [1.82, 2.24) is 0 Å². The second kappa shape index (κ2) is 4.96. The molecule has 0 bridgehead atoms. The van der Waals surface area contributed by atoms with Crippen molar-refractivity contribution in [2.75, 3.05) is 0 Å². The zero-order valence-electron chi connectivity index (χ0n) is 3.69. The Bertz CT molecular complexity index is 52.3. The molecular weight excluding hydrogens is 140 g/mol. The van der Waals surface area contributed by atoms with Crippen LogP contribution in [0.5, 0.6) is 0 Å². The van der Waals surface area contributed by atoms with Gasteiger partial charge in [-0.3, -0.25) is 0 Å². The quantitative estimate of drug-likeness (QED) is 0.499. The molecule has 0 aliphatic carbocycles. The lowest BCUT2D eigenvalue weighted by Crippen LogP contribution is -1.37. The number of allylic oxidation sites excluding steroid dienone is 3. The summed E-state index contributed by atoms with van der Waals surface area (Å²) in [7, 11) is 0. The molecule has 0 aromatic carbocycles. The van der Waals surface area contributed by atoms with Gasteiger partial charge in [-0.15, -0.1) is 0 Å². The van der Waals surface area contributed by atoms with E-state index in [4.69, 9.17) is 0 Å². The third-order valence-electron chi connectivity index (χ3n) is 0.376. The fraction of sp³-hybridized carbons (Fsp3) is 0.200. The summed E-state index contributed by atoms with van der Waals surface area (Å²) in [6.45, 7) is 1.98. The first-order valence-electron chi connectivity index (χ1n) is 1.80. The van der Waals surface area contributed by atoms with E-state index in [0.717, 1.165) is 0 Å². The Hall–Kier alpha value is -0.0400. The van der Waals surface area contributed by atoms with E-state index in [1.54, 1.807) is 0 Å². The molecule has 0 amide bonds. The van der Waals surface area contributed by atoms with Crippen LogP contribution in [0.4, 0.5) is 0 Å². The third kappa shape index (κ3) is 3.96. The van der Waals surface area contributed by atoms with Gasteiger partial charge in [0.2, 0.25) is 0 Å². The summed E-state index contributed by atoms with van der Waals surface area (Å²) in [6.07, 6.45) is 5.84. The molecule has 1 heteroatoms. The van der Waals surface area contributed by atoms with Crippen LogP contribution in [-0.4, -0.2) is 0 Å². The molecule has 0 nitrogen and oxygen atoms in total. The van der Waals surface area contributed by atoms with Gasteiger partial charge in [-0.2, -0.15) is 0 Å². The Balaban J connectivity index is 3.07. The second-order valence-electron chi connectivity index (χ2n) is 0.844. The van der Waals surface area contributed by atoms with Crippen LogP contribution in [0.3, 0.4) is 0 Å². The molecule has 0 saturated heterocycles. The van der Waals surface area contributed by atoms with Gasteiger partial charge in [-0.25, -0.2) is 0 Å². The smallest absolute Gasteiger partial charge is 0.0189 e. The maximum Gasteiger partial charge on any atom is -0.0189 e. The summed E-state index contributed by atoms with van der Waals surface area (Å²) in [5.74, 6) is 0. The Labute approximate surface area is 46.7 Å². The molecule has 0 rings (SSSR count). The van der Waals surface area contributed by atoms with Gasteiger partial charge in [0.25, 0.3) is 0 Å². The molecule has 0 aliphatic heterocycles. The first-order valence-corrected chi connectivity index (χ1v) is 2.71. The van der Waals surface area contributed by atoms with E-state index in [1.165, 1.54) is 0 Å². The molecule has 0 saturated carbocycles. The van der Waals surface area contributed by atoms with Crippen LogP contribution in [0.2, 0.25) is 0 Å². The highest BCUT2D eigenvalue weighted by molar-refractivity contribution is 9.11. The molecule has 0 aromatic heterocycles. The van der Waals surface area contributed by atoms with Gasteiger partial charge in [0.05, 0.1) is 0 Å². The van der Waals surface area contributed by atoms with E-state index in [-0.39, 0.29) is 0 Å². The van der Waals surface area contributed by atoms with Crippen molar-refractivity contribution in [1.29, 1.82) is 0 Å². The summed E-state index contributed by atoms with van der Waals surface area (Å²) in [4.78, 5) is 1.81. The van der Waals surface area contributed by atoms with Crippen LogP contribution in [0, 0.1) is 0 Å². The van der Waals surface area contributed by atoms with Crippen molar-refractivity contribution >= 4 is 15.9 Å². The summed E-state index contributed by atoms with van der Waals surface area (Å²) >= 11 is 3.12. The lowest BCUT2D eigenvalue weighted by atomic mass is 10.5. The average Bonchev–Trinajstić information content (AvgIpc) is 1.61. The van der Waals surface area contributed by atoms with Gasteiger partial charge in [0, 0.05) is 0 Å². The molecule has 0 fully saturated rings. The normalized spacial score (nSPS) is 11.7. The predicted molar refractivity (Wildman–Crippen MR) is 32.9 cm³/mol. The predicted octanol–water partition coefficient (Wildman–Crippen LogP) is 2.47. The molecule has 0 unspecified atom stereocenters. The maximum atomic E-state index is 3.12. The van der Waals surface area contributed by atoms with Crippen molar-refractivity contribution in [3.8, 4) is 0 Å². The molecule has 0 atom stereocenters. The van der Waals surface area contributed by atoms with Crippen LogP contribution in [-0.2, 0) is 0 Å². The highest BCUT2D eigenvalue weighted by atomic mass is 79.9. The van der Waals surface area contributed by atoms with Crippen LogP contribution in [0.15, 0.2) is 23.2 Å². The van der Waals surface area contributed by atoms with Crippen LogP contribution in [0.1, 0.15) is 6.92 Å². The number of halogens is 1. The van der Waals surface area contributed by atoms with Crippen molar-refractivity contribution in [3.05, 3.63) is 23.2 Å². The molecule has 0 aromatic rings. The number of rotatable bonds is 1. The fourth-order valence-electron chi connectivity index (χ4n) is 0.153. The summed E-state index contributed by atoms with van der Waals surface area (Å²) in [6, 6.07) is 0. The minimum absolute atomic E-state index is 1.81. The topological polar surface area (TPSA) is 0 Å². The monoisotopic (exact) mass is 146 g/mol. The van der Waals surface area contributed by atoms with Crippen molar-refractivity contribution in [2.45, 2.75) is 6.92 Å². The zero-order chi connectivity index (χ0) is 4.83. The summed E-state index contributed by atoms with van der Waals surface area (Å²) in [5.41, 5.74) is 0. The van der Waals surface area contributed by atoms with Gasteiger partial charge in [-0.05, 0) is 11.9 Å². The minimum Gasteiger partial charge on any atom is -0.0876 e. The standard InChI is InChI=1S/C5H7Br/c1-2-3-4-5-6/h2-5H,1H3. The maximum absolute atomic E-state index is 3.12. The van der Waals surface area contributed by atoms with Gasteiger partial charge >= 0.3 is 0 Å². The van der Waals surface area contributed by atoms with Crippen LogP contribution in [0.25, 0.3) is 0 Å². The Kier molecular flexibility index (Phi) is 4.93. The molecule has 0 radical (unpaired) electrons. The van der Waals surface area contributed by atoms with E-state index < -0.39 is 0 Å². The van der Waals surface area contributed by atoms with Crippen molar-refractivity contribution < 1.29 is 0 Å². The lowest BCUT2D eigenvalue weighted by Gasteiger charge is -1.61. The third-order valence-corrected chi connectivity index (χ3v) is 0.682. The van der Waals surface area contributed by atoms with Gasteiger partial charge < -0.3 is 0 Å². The van der Waals surface area contributed by atoms with Crippen LogP contribution < -0.4 is 0 Å². The Morgan fingerprint density at radius 2 is 2.00 bits per heavy atom. The Morgan fingerprint density at radius 1 is 1.33 bits per heavy atom. The highest BCUT2D eigenvalue weighted by Gasteiger charge is 1.50. The van der Waals surface area contributed by atoms with E-state index in [2.05, 4.69) is 15.9 Å². The van der Waals surface area contributed by atoms with E-state index in [9.17, 15) is 0 Å². The van der Waals surface area contributed by atoms with Gasteiger partial charge in [0.1, 0.15) is 0 Å². The molecule has 0 spiro atoms. The summed E-state index contributed by atoms with van der Waals surface area (Å²) in [5, 5.41) is 0. The Morgan fingerprint density at radius 3 is 2.17 bits per heavy atom. The van der Waals surface area contributed by atoms with E-state index in [0.29, 0.717) is 0 Å². The summed E-state index contributed by atoms with van der Waals surface area (Å²) < 4.78 is 0. The first-order chi connectivity index (χ1) is 2.91. The van der Waals surface area contributed by atoms with Crippen molar-refractivity contribution in [2.24, 2.45) is 0 Å². The van der Waals surface area contributed by atoms with Crippen molar-refractivity contribution in [3.63, 3.8) is 0 Å². The van der Waals surface area contributed by atoms with E-state index >= 15 is 0 Å². The zero-order valence-corrected chi connectivity index (χ0v) is 5.27. The van der Waals surface area contributed by atoms with E-state index in [1.807, 2.05) is 30.1 Å². The van der Waals surface area contributed by atoms with Gasteiger partial charge in [0.15, 0.2) is 0 Å². The number of hydrogen-bond acceptors (Lipinski definition) is 0. The lowest BCUT2D eigenvalue weighted by molar-refractivity contribution is 1.74. The molecule has 34 valence electrons. The highest BCUT2D eigenvalue weighted by Crippen LogP contribution is 1.81. The SMILES string of the molecule is CC=CC=CBr. The second-order valence-corrected chi connectivity index (χ2v) is 1.37. The van der Waals surface area contributed by atoms with Crippen LogP contribution >= 0.6 is 15.9 Å². The molecule has 0 aliphatic rings. The molecule has 0 heterocycles. The average molecular weight is 147 g/mol.